The molecule has 128 valence electrons. The molecule has 1 unspecified atom stereocenters. The zero-order valence-corrected chi connectivity index (χ0v) is 14.8. The van der Waals surface area contributed by atoms with Crippen LogP contribution < -0.4 is 5.32 Å². The van der Waals surface area contributed by atoms with Crippen molar-refractivity contribution in [2.75, 3.05) is 19.7 Å². The fourth-order valence-electron chi connectivity index (χ4n) is 2.88. The summed E-state index contributed by atoms with van der Waals surface area (Å²) in [5, 5.41) is 5.11. The number of urea groups is 1. The molecule has 2 heterocycles. The van der Waals surface area contributed by atoms with E-state index < -0.39 is 0 Å². The molecule has 24 heavy (non-hydrogen) atoms. The maximum atomic E-state index is 12.2. The van der Waals surface area contributed by atoms with Crippen LogP contribution in [-0.4, -0.2) is 30.6 Å². The molecule has 1 N–H and O–H groups in total. The van der Waals surface area contributed by atoms with Gasteiger partial charge in [0.2, 0.25) is 0 Å². The first-order chi connectivity index (χ1) is 11.7. The van der Waals surface area contributed by atoms with Crippen LogP contribution in [0.5, 0.6) is 0 Å². The van der Waals surface area contributed by atoms with Crippen molar-refractivity contribution in [3.63, 3.8) is 0 Å². The number of hydrogen-bond acceptors (Lipinski definition) is 3. The zero-order valence-electron chi connectivity index (χ0n) is 14.0. The van der Waals surface area contributed by atoms with Gasteiger partial charge in [0.15, 0.2) is 0 Å². The van der Waals surface area contributed by atoms with Crippen LogP contribution in [0.1, 0.15) is 35.5 Å². The van der Waals surface area contributed by atoms with Gasteiger partial charge in [-0.15, -0.1) is 11.3 Å². The smallest absolute Gasteiger partial charge is 0.317 e. The van der Waals surface area contributed by atoms with Crippen molar-refractivity contribution in [2.45, 2.75) is 32.4 Å². The van der Waals surface area contributed by atoms with E-state index in [2.05, 4.69) is 35.8 Å². The van der Waals surface area contributed by atoms with Crippen molar-refractivity contribution >= 4 is 17.4 Å². The van der Waals surface area contributed by atoms with Crippen LogP contribution in [0.15, 0.2) is 41.8 Å². The van der Waals surface area contributed by atoms with Crippen molar-refractivity contribution in [2.24, 2.45) is 0 Å². The van der Waals surface area contributed by atoms with E-state index in [1.165, 1.54) is 16.0 Å². The van der Waals surface area contributed by atoms with Crippen LogP contribution in [0.2, 0.25) is 0 Å². The molecule has 0 fully saturated rings. The van der Waals surface area contributed by atoms with Gasteiger partial charge in [-0.05, 0) is 42.3 Å². The lowest BCUT2D eigenvalue weighted by Crippen LogP contribution is -2.42. The lowest BCUT2D eigenvalue weighted by Gasteiger charge is -2.27. The van der Waals surface area contributed by atoms with E-state index in [0.29, 0.717) is 13.2 Å². The lowest BCUT2D eigenvalue weighted by molar-refractivity contribution is 0.0642. The average molecular weight is 344 g/mol. The van der Waals surface area contributed by atoms with Gasteiger partial charge in [-0.3, -0.25) is 0 Å². The van der Waals surface area contributed by atoms with Gasteiger partial charge in [0, 0.05) is 31.1 Å². The highest BCUT2D eigenvalue weighted by atomic mass is 32.1. The number of carbonyl (C=O) groups is 1. The molecule has 1 aromatic carbocycles. The average Bonchev–Trinajstić information content (AvgIpc) is 3.09. The minimum Gasteiger partial charge on any atom is -0.374 e. The Morgan fingerprint density at radius 1 is 1.33 bits per heavy atom. The minimum atomic E-state index is 0.0305. The molecule has 0 bridgehead atoms. The predicted octanol–water partition coefficient (Wildman–Crippen LogP) is 3.98. The molecule has 0 saturated heterocycles. The molecule has 1 aliphatic heterocycles. The van der Waals surface area contributed by atoms with Gasteiger partial charge in [-0.1, -0.05) is 30.3 Å². The molecule has 5 heteroatoms. The summed E-state index contributed by atoms with van der Waals surface area (Å²) in [7, 11) is 0. The largest absolute Gasteiger partial charge is 0.374 e. The summed E-state index contributed by atoms with van der Waals surface area (Å²) in [4.78, 5) is 15.5. The maximum absolute atomic E-state index is 12.2. The second-order valence-corrected chi connectivity index (χ2v) is 7.05. The number of hydrogen-bond donors (Lipinski definition) is 1. The fourth-order valence-corrected chi connectivity index (χ4v) is 3.77. The molecule has 0 aliphatic carbocycles. The Balaban J connectivity index is 1.33. The number of fused-ring (bicyclic) bond motifs is 1. The van der Waals surface area contributed by atoms with Crippen molar-refractivity contribution in [3.05, 3.63) is 57.8 Å². The van der Waals surface area contributed by atoms with Crippen LogP contribution >= 0.6 is 11.3 Å². The second-order valence-electron chi connectivity index (χ2n) is 6.05. The highest BCUT2D eigenvalue weighted by Crippen LogP contribution is 2.23. The fraction of sp³-hybridized carbons (Fsp3) is 0.421. The monoisotopic (exact) mass is 344 g/mol. The zero-order chi connectivity index (χ0) is 16.8. The second kappa shape index (κ2) is 8.31. The maximum Gasteiger partial charge on any atom is 0.317 e. The topological polar surface area (TPSA) is 41.6 Å². The molecular weight excluding hydrogens is 320 g/mol. The van der Waals surface area contributed by atoms with Gasteiger partial charge in [0.25, 0.3) is 0 Å². The third-order valence-electron chi connectivity index (χ3n) is 4.33. The molecule has 3 rings (SSSR count). The van der Waals surface area contributed by atoms with Gasteiger partial charge >= 0.3 is 6.03 Å². The van der Waals surface area contributed by atoms with E-state index in [9.17, 15) is 4.79 Å². The van der Waals surface area contributed by atoms with Crippen molar-refractivity contribution in [1.82, 2.24) is 10.2 Å². The summed E-state index contributed by atoms with van der Waals surface area (Å²) in [6.07, 6.45) is 1.87. The highest BCUT2D eigenvalue weighted by molar-refractivity contribution is 7.10. The molecule has 0 saturated carbocycles. The number of rotatable bonds is 6. The number of ether oxygens (including phenoxy) is 1. The Morgan fingerprint density at radius 2 is 2.17 bits per heavy atom. The normalized spacial score (nSPS) is 15.0. The highest BCUT2D eigenvalue weighted by Gasteiger charge is 2.20. The van der Waals surface area contributed by atoms with Crippen LogP contribution in [0.3, 0.4) is 0 Å². The number of thiophene rings is 1. The Kier molecular flexibility index (Phi) is 5.88. The van der Waals surface area contributed by atoms with Crippen LogP contribution in [0.4, 0.5) is 4.79 Å². The molecule has 0 spiro atoms. The van der Waals surface area contributed by atoms with E-state index in [-0.39, 0.29) is 12.1 Å². The summed E-state index contributed by atoms with van der Waals surface area (Å²) in [5.41, 5.74) is 2.47. The van der Waals surface area contributed by atoms with Gasteiger partial charge in [-0.2, -0.15) is 0 Å². The lowest BCUT2D eigenvalue weighted by atomic mass is 10.1. The number of nitrogens with zero attached hydrogens (tertiary/aromatic N) is 1. The molecule has 1 aliphatic rings. The summed E-state index contributed by atoms with van der Waals surface area (Å²) >= 11 is 1.79. The standard InChI is InChI=1S/C19H24N2O2S/c1-15(16-6-3-2-4-7-16)23-12-5-10-20-19(22)21-11-8-18-17(14-21)9-13-24-18/h2-4,6-7,9,13,15H,5,8,10-12,14H2,1H3,(H,20,22). The Morgan fingerprint density at radius 3 is 3.00 bits per heavy atom. The molecule has 1 atom stereocenters. The summed E-state index contributed by atoms with van der Waals surface area (Å²) in [6, 6.07) is 12.3. The molecule has 0 radical (unpaired) electrons. The first-order valence-electron chi connectivity index (χ1n) is 8.48. The van der Waals surface area contributed by atoms with Gasteiger partial charge in [0.05, 0.1) is 6.10 Å². The molecule has 2 amide bonds. The summed E-state index contributed by atoms with van der Waals surface area (Å²) < 4.78 is 5.83. The van der Waals surface area contributed by atoms with Gasteiger partial charge < -0.3 is 15.0 Å². The van der Waals surface area contributed by atoms with Crippen LogP contribution in [0.25, 0.3) is 0 Å². The summed E-state index contributed by atoms with van der Waals surface area (Å²) in [5.74, 6) is 0. The Labute approximate surface area is 147 Å². The van der Waals surface area contributed by atoms with Gasteiger partial charge in [-0.25, -0.2) is 4.79 Å². The molecule has 1 aromatic heterocycles. The minimum absolute atomic E-state index is 0.0305. The SMILES string of the molecule is CC(OCCCNC(=O)N1CCc2sccc2C1)c1ccccc1. The molecule has 4 nitrogen and oxygen atoms in total. The first-order valence-corrected chi connectivity index (χ1v) is 9.36. The predicted molar refractivity (Wildman–Crippen MR) is 97.3 cm³/mol. The van der Waals surface area contributed by atoms with Crippen LogP contribution in [-0.2, 0) is 17.7 Å². The van der Waals surface area contributed by atoms with E-state index in [1.807, 2.05) is 23.1 Å². The Bertz CT molecular complexity index is 656. The van der Waals surface area contributed by atoms with E-state index in [4.69, 9.17) is 4.74 Å². The quantitative estimate of drug-likeness (QED) is 0.805. The van der Waals surface area contributed by atoms with Crippen LogP contribution in [0, 0.1) is 0 Å². The number of nitrogens with one attached hydrogen (secondary N) is 1. The van der Waals surface area contributed by atoms with E-state index in [1.54, 1.807) is 11.3 Å². The molecule has 2 aromatic rings. The first kappa shape index (κ1) is 17.0. The van der Waals surface area contributed by atoms with Gasteiger partial charge in [0.1, 0.15) is 0 Å². The molecular formula is C19H24N2O2S. The van der Waals surface area contributed by atoms with Crippen molar-refractivity contribution < 1.29 is 9.53 Å². The third kappa shape index (κ3) is 4.36. The third-order valence-corrected chi connectivity index (χ3v) is 5.35. The number of carbonyl (C=O) groups excluding carboxylic acids is 1. The van der Waals surface area contributed by atoms with Crippen molar-refractivity contribution in [3.8, 4) is 0 Å². The van der Waals surface area contributed by atoms with E-state index in [0.717, 1.165) is 25.9 Å². The Hall–Kier alpha value is -1.85. The number of benzene rings is 1. The van der Waals surface area contributed by atoms with Crippen molar-refractivity contribution in [1.29, 1.82) is 0 Å². The number of amides is 2. The van der Waals surface area contributed by atoms with E-state index >= 15 is 0 Å². The summed E-state index contributed by atoms with van der Waals surface area (Å²) in [6.45, 7) is 4.88.